The summed E-state index contributed by atoms with van der Waals surface area (Å²) < 4.78 is 11.2. The Labute approximate surface area is 169 Å². The molecular formula is C23H25NO5. The normalized spacial score (nSPS) is 21.7. The Balaban J connectivity index is 1.43. The summed E-state index contributed by atoms with van der Waals surface area (Å²) in [6.07, 6.45) is 1.14. The monoisotopic (exact) mass is 395 g/mol. The number of carboxylic acid groups (broad SMARTS) is 1. The molecule has 1 fully saturated rings. The highest BCUT2D eigenvalue weighted by molar-refractivity contribution is 5.86. The lowest BCUT2D eigenvalue weighted by molar-refractivity contribution is -0.144. The van der Waals surface area contributed by atoms with Gasteiger partial charge in [0.25, 0.3) is 0 Å². The van der Waals surface area contributed by atoms with Gasteiger partial charge in [0, 0.05) is 12.5 Å². The molecule has 1 heterocycles. The van der Waals surface area contributed by atoms with Gasteiger partial charge in [-0.2, -0.15) is 0 Å². The number of amides is 1. The highest BCUT2D eigenvalue weighted by atomic mass is 16.6. The Morgan fingerprint density at radius 2 is 1.83 bits per heavy atom. The molecule has 3 atom stereocenters. The Morgan fingerprint density at radius 1 is 1.10 bits per heavy atom. The molecule has 2 aromatic rings. The molecule has 6 nitrogen and oxygen atoms in total. The van der Waals surface area contributed by atoms with Gasteiger partial charge in [-0.25, -0.2) is 0 Å². The maximum Gasteiger partial charge on any atom is 0.315 e. The lowest BCUT2D eigenvalue weighted by Crippen LogP contribution is -2.46. The van der Waals surface area contributed by atoms with Crippen LogP contribution in [-0.2, 0) is 15.0 Å². The van der Waals surface area contributed by atoms with Gasteiger partial charge in [0.05, 0.1) is 0 Å². The molecule has 29 heavy (non-hydrogen) atoms. The quantitative estimate of drug-likeness (QED) is 0.753. The van der Waals surface area contributed by atoms with Crippen molar-refractivity contribution in [3.63, 3.8) is 0 Å². The molecule has 152 valence electrons. The number of hydrogen-bond donors (Lipinski definition) is 2. The minimum absolute atomic E-state index is 0.0754. The minimum atomic E-state index is -1.13. The van der Waals surface area contributed by atoms with Crippen molar-refractivity contribution in [2.45, 2.75) is 31.1 Å². The van der Waals surface area contributed by atoms with Crippen LogP contribution in [0.2, 0.25) is 0 Å². The lowest BCUT2D eigenvalue weighted by Gasteiger charge is -2.29. The second-order valence-corrected chi connectivity index (χ2v) is 7.68. The molecule has 1 aliphatic heterocycles. The average Bonchev–Trinajstić information content (AvgIpc) is 3.56. The van der Waals surface area contributed by atoms with Crippen LogP contribution in [0.25, 0.3) is 0 Å². The Morgan fingerprint density at radius 3 is 2.52 bits per heavy atom. The van der Waals surface area contributed by atoms with Crippen LogP contribution in [0.5, 0.6) is 11.5 Å². The number of hydrogen-bond acceptors (Lipinski definition) is 4. The van der Waals surface area contributed by atoms with E-state index in [4.69, 9.17) is 9.47 Å². The molecule has 0 saturated heterocycles. The van der Waals surface area contributed by atoms with Crippen LogP contribution in [0.4, 0.5) is 0 Å². The number of carbonyl (C=O) groups is 2. The maximum atomic E-state index is 12.7. The first kappa shape index (κ1) is 19.3. The van der Waals surface area contributed by atoms with E-state index in [0.29, 0.717) is 25.2 Å². The lowest BCUT2D eigenvalue weighted by atomic mass is 9.78. The summed E-state index contributed by atoms with van der Waals surface area (Å²) >= 11 is 0. The summed E-state index contributed by atoms with van der Waals surface area (Å²) in [7, 11) is 0. The molecule has 0 aromatic heterocycles. The summed E-state index contributed by atoms with van der Waals surface area (Å²) in [6.45, 7) is 2.98. The van der Waals surface area contributed by atoms with Gasteiger partial charge in [-0.3, -0.25) is 9.59 Å². The zero-order valence-corrected chi connectivity index (χ0v) is 16.4. The summed E-state index contributed by atoms with van der Waals surface area (Å²) in [5, 5.41) is 12.8. The number of carboxylic acids is 1. The highest BCUT2D eigenvalue weighted by Gasteiger charge is 2.46. The number of carbonyl (C=O) groups excluding carboxylic acids is 1. The van der Waals surface area contributed by atoms with Gasteiger partial charge in [0.15, 0.2) is 11.5 Å². The smallest absolute Gasteiger partial charge is 0.315 e. The van der Waals surface area contributed by atoms with Gasteiger partial charge in [-0.1, -0.05) is 43.3 Å². The van der Waals surface area contributed by atoms with Crippen LogP contribution in [0.15, 0.2) is 48.5 Å². The summed E-state index contributed by atoms with van der Waals surface area (Å²) in [6, 6.07) is 14.9. The Hall–Kier alpha value is -3.02. The number of ether oxygens (including phenoxy) is 2. The zero-order chi connectivity index (χ0) is 20.4. The number of benzene rings is 2. The van der Waals surface area contributed by atoms with E-state index < -0.39 is 11.4 Å². The van der Waals surface area contributed by atoms with Crippen molar-refractivity contribution in [2.75, 3.05) is 19.8 Å². The second-order valence-electron chi connectivity index (χ2n) is 7.68. The number of aliphatic carboxylic acids is 1. The van der Waals surface area contributed by atoms with E-state index in [1.165, 1.54) is 0 Å². The first-order valence-electron chi connectivity index (χ1n) is 10.0. The number of rotatable bonds is 7. The molecule has 3 unspecified atom stereocenters. The molecule has 2 N–H and O–H groups in total. The van der Waals surface area contributed by atoms with E-state index in [-0.39, 0.29) is 24.3 Å². The van der Waals surface area contributed by atoms with Crippen LogP contribution in [0.3, 0.4) is 0 Å². The number of nitrogens with one attached hydrogen (secondary N) is 1. The predicted octanol–water partition coefficient (Wildman–Crippen LogP) is 3.11. The fraction of sp³-hybridized carbons (Fsp3) is 0.391. The van der Waals surface area contributed by atoms with Gasteiger partial charge < -0.3 is 19.9 Å². The molecule has 2 aliphatic rings. The maximum absolute atomic E-state index is 12.7. The van der Waals surface area contributed by atoms with Crippen LogP contribution < -0.4 is 14.8 Å². The molecule has 0 spiro atoms. The third kappa shape index (κ3) is 3.67. The predicted molar refractivity (Wildman–Crippen MR) is 107 cm³/mol. The fourth-order valence-electron chi connectivity index (χ4n) is 4.05. The third-order valence-electron chi connectivity index (χ3n) is 6.03. The molecule has 1 amide bonds. The molecule has 0 radical (unpaired) electrons. The second kappa shape index (κ2) is 7.78. The first-order valence-corrected chi connectivity index (χ1v) is 10.0. The summed E-state index contributed by atoms with van der Waals surface area (Å²) in [5.41, 5.74) is 0.630. The van der Waals surface area contributed by atoms with E-state index in [1.54, 1.807) is 12.1 Å². The standard InChI is InChI=1S/C23H25NO5/c1-2-23(22(26)27,16-6-4-3-5-7-16)14-24-21(25)18-13-17(18)15-8-9-19-20(12-15)29-11-10-28-19/h3-9,12,17-18H,2,10-11,13-14H2,1H3,(H,24,25)(H,26,27). The highest BCUT2D eigenvalue weighted by Crippen LogP contribution is 2.49. The van der Waals surface area contributed by atoms with E-state index in [1.807, 2.05) is 43.3 Å². The SMILES string of the molecule is CCC(CNC(=O)C1CC1c1ccc2c(c1)OCCO2)(C(=O)O)c1ccccc1. The zero-order valence-electron chi connectivity index (χ0n) is 16.4. The van der Waals surface area contributed by atoms with Crippen molar-refractivity contribution in [2.24, 2.45) is 5.92 Å². The summed E-state index contributed by atoms with van der Waals surface area (Å²) in [4.78, 5) is 24.8. The van der Waals surface area contributed by atoms with Gasteiger partial charge in [0.2, 0.25) is 5.91 Å². The van der Waals surface area contributed by atoms with Crippen molar-refractivity contribution < 1.29 is 24.2 Å². The van der Waals surface area contributed by atoms with Crippen LogP contribution in [0.1, 0.15) is 36.8 Å². The Kier molecular flexibility index (Phi) is 5.18. The van der Waals surface area contributed by atoms with Crippen molar-refractivity contribution in [1.82, 2.24) is 5.32 Å². The molecule has 6 heteroatoms. The van der Waals surface area contributed by atoms with Crippen molar-refractivity contribution in [3.8, 4) is 11.5 Å². The molecule has 1 aliphatic carbocycles. The fourth-order valence-corrected chi connectivity index (χ4v) is 4.05. The first-order chi connectivity index (χ1) is 14.0. The van der Waals surface area contributed by atoms with Crippen LogP contribution >= 0.6 is 0 Å². The van der Waals surface area contributed by atoms with E-state index in [9.17, 15) is 14.7 Å². The van der Waals surface area contributed by atoms with Gasteiger partial charge in [-0.15, -0.1) is 0 Å². The van der Waals surface area contributed by atoms with E-state index in [2.05, 4.69) is 5.32 Å². The molecular weight excluding hydrogens is 370 g/mol. The van der Waals surface area contributed by atoms with Crippen LogP contribution in [-0.4, -0.2) is 36.7 Å². The molecule has 4 rings (SSSR count). The number of fused-ring (bicyclic) bond motifs is 1. The molecule has 2 aromatic carbocycles. The van der Waals surface area contributed by atoms with Crippen LogP contribution in [0, 0.1) is 5.92 Å². The molecule has 0 bridgehead atoms. The third-order valence-corrected chi connectivity index (χ3v) is 6.03. The van der Waals surface area contributed by atoms with Gasteiger partial charge >= 0.3 is 5.97 Å². The van der Waals surface area contributed by atoms with Gasteiger partial charge in [-0.05, 0) is 42.0 Å². The van der Waals surface area contributed by atoms with Crippen molar-refractivity contribution in [3.05, 3.63) is 59.7 Å². The van der Waals surface area contributed by atoms with Gasteiger partial charge in [0.1, 0.15) is 18.6 Å². The average molecular weight is 395 g/mol. The minimum Gasteiger partial charge on any atom is -0.486 e. The van der Waals surface area contributed by atoms with Crippen molar-refractivity contribution in [1.29, 1.82) is 0 Å². The van der Waals surface area contributed by atoms with E-state index in [0.717, 1.165) is 23.5 Å². The topological polar surface area (TPSA) is 84.9 Å². The summed E-state index contributed by atoms with van der Waals surface area (Å²) in [5.74, 6) is 0.420. The van der Waals surface area contributed by atoms with E-state index >= 15 is 0 Å². The van der Waals surface area contributed by atoms with Crippen molar-refractivity contribution >= 4 is 11.9 Å². The largest absolute Gasteiger partial charge is 0.486 e. The molecule has 1 saturated carbocycles. The Bertz CT molecular complexity index is 913.